The predicted octanol–water partition coefficient (Wildman–Crippen LogP) is 6.14. The van der Waals surface area contributed by atoms with Crippen LogP contribution < -0.4 is 20.8 Å². The Balaban J connectivity index is 1.39. The summed E-state index contributed by atoms with van der Waals surface area (Å²) in [6.07, 6.45) is 5.35. The summed E-state index contributed by atoms with van der Waals surface area (Å²) in [7, 11) is 1.55. The monoisotopic (exact) mass is 703 g/mol. The molecule has 0 saturated heterocycles. The number of halogens is 1. The topological polar surface area (TPSA) is 121 Å². The van der Waals surface area contributed by atoms with Crippen molar-refractivity contribution in [1.82, 2.24) is 25.8 Å². The number of nitrogens with zero attached hydrogens (tertiary/aromatic N) is 1. The van der Waals surface area contributed by atoms with Crippen molar-refractivity contribution in [3.05, 3.63) is 113 Å². The number of hydrogen-bond acceptors (Lipinski definition) is 7. The van der Waals surface area contributed by atoms with Crippen molar-refractivity contribution in [3.63, 3.8) is 0 Å². The molecule has 49 heavy (non-hydrogen) atoms. The first-order chi connectivity index (χ1) is 23.7. The first kappa shape index (κ1) is 37.9. The molecule has 1 heterocycles. The van der Waals surface area contributed by atoms with Crippen LogP contribution >= 0.6 is 23.5 Å². The molecule has 0 saturated carbocycles. The Kier molecular flexibility index (Phi) is 15.4. The number of nitrogens with one attached hydrogen (secondary N) is 4. The summed E-state index contributed by atoms with van der Waals surface area (Å²) in [4.78, 5) is 52.0. The zero-order chi connectivity index (χ0) is 35.0. The van der Waals surface area contributed by atoms with Crippen LogP contribution in [0, 0.1) is 0 Å². The van der Waals surface area contributed by atoms with Gasteiger partial charge in [-0.15, -0.1) is 4.89 Å². The Bertz CT molecular complexity index is 1640. The van der Waals surface area contributed by atoms with Gasteiger partial charge in [0, 0.05) is 48.3 Å². The van der Waals surface area contributed by atoms with Gasteiger partial charge >= 0.3 is 0 Å². The molecule has 3 aromatic carbocycles. The zero-order valence-electron chi connectivity index (χ0n) is 28.3. The number of fused-ring (bicyclic) bond motifs is 1. The van der Waals surface area contributed by atoms with Crippen LogP contribution in [0.2, 0.25) is 5.02 Å². The number of carbonyl (C=O) groups is 3. The number of para-hydroxylation sites is 1. The second kappa shape index (κ2) is 19.9. The van der Waals surface area contributed by atoms with Gasteiger partial charge in [-0.25, -0.2) is 0 Å². The maximum absolute atomic E-state index is 13.5. The maximum Gasteiger partial charge on any atom is 0.251 e. The molecule has 0 fully saturated rings. The molecule has 4 aromatic rings. The first-order valence-electron chi connectivity index (χ1n) is 16.7. The summed E-state index contributed by atoms with van der Waals surface area (Å²) >= 11 is 7.50. The highest BCUT2D eigenvalue weighted by Crippen LogP contribution is 2.22. The standard InChI is InChI=1S/C38H46ClN5O4S/c1-4-10-36(38(47)43-35(37(46)40-3)24-29-21-30-13-8-9-14-34(30)41-25-29)48-44-49-33(23-27-11-6-5-7-12-27)20-19-32(42-26(2)45)22-28-15-17-31(39)18-16-28/h5-9,11-18,21,25,32-33,35-36,44H,4,10,19-20,22-24H2,1-3H3,(H,40,46)(H,42,45)(H,43,47)/t32-,33-,35?,36+/m1/s1. The highest BCUT2D eigenvalue weighted by molar-refractivity contribution is 7.97. The minimum atomic E-state index is -0.811. The molecule has 1 unspecified atom stereocenters. The quantitative estimate of drug-likeness (QED) is 0.0684. The van der Waals surface area contributed by atoms with Crippen molar-refractivity contribution in [2.75, 3.05) is 7.05 Å². The first-order valence-corrected chi connectivity index (χ1v) is 18.0. The van der Waals surface area contributed by atoms with E-state index in [9.17, 15) is 14.4 Å². The van der Waals surface area contributed by atoms with Crippen molar-refractivity contribution >= 4 is 52.2 Å². The summed E-state index contributed by atoms with van der Waals surface area (Å²) in [6.45, 7) is 3.52. The van der Waals surface area contributed by atoms with Crippen LogP contribution in [-0.2, 0) is 38.5 Å². The maximum atomic E-state index is 13.5. The highest BCUT2D eigenvalue weighted by atomic mass is 35.5. The Hall–Kier alpha value is -3.96. The number of hydrogen-bond donors (Lipinski definition) is 4. The lowest BCUT2D eigenvalue weighted by Gasteiger charge is -2.24. The highest BCUT2D eigenvalue weighted by Gasteiger charge is 2.27. The number of likely N-dealkylation sites (N-methyl/N-ethyl adjacent to an activating group) is 1. The molecule has 0 aliphatic rings. The lowest BCUT2D eigenvalue weighted by molar-refractivity contribution is -0.138. The molecule has 4 atom stereocenters. The summed E-state index contributed by atoms with van der Waals surface area (Å²) in [5.41, 5.74) is 3.98. The molecular weight excluding hydrogens is 658 g/mol. The molecule has 0 aliphatic carbocycles. The molecular formula is C38H46ClN5O4S. The largest absolute Gasteiger partial charge is 0.357 e. The number of carbonyl (C=O) groups excluding carboxylic acids is 3. The van der Waals surface area contributed by atoms with Gasteiger partial charge in [0.25, 0.3) is 5.91 Å². The molecule has 11 heteroatoms. The molecule has 9 nitrogen and oxygen atoms in total. The van der Waals surface area contributed by atoms with Crippen molar-refractivity contribution in [3.8, 4) is 0 Å². The van der Waals surface area contributed by atoms with Crippen molar-refractivity contribution in [1.29, 1.82) is 0 Å². The fourth-order valence-corrected chi connectivity index (χ4v) is 6.62. The van der Waals surface area contributed by atoms with Crippen LogP contribution in [0.4, 0.5) is 0 Å². The van der Waals surface area contributed by atoms with Crippen LogP contribution in [0.5, 0.6) is 0 Å². The number of benzene rings is 3. The smallest absolute Gasteiger partial charge is 0.251 e. The van der Waals surface area contributed by atoms with E-state index in [1.165, 1.54) is 24.4 Å². The Morgan fingerprint density at radius 3 is 2.24 bits per heavy atom. The number of aromatic nitrogens is 1. The predicted molar refractivity (Wildman–Crippen MR) is 198 cm³/mol. The number of amides is 3. The van der Waals surface area contributed by atoms with E-state index in [1.807, 2.05) is 79.7 Å². The molecule has 0 spiro atoms. The molecule has 0 radical (unpaired) electrons. The van der Waals surface area contributed by atoms with Crippen molar-refractivity contribution in [2.45, 2.75) is 82.2 Å². The fourth-order valence-electron chi connectivity index (χ4n) is 5.66. The Morgan fingerprint density at radius 1 is 0.816 bits per heavy atom. The van der Waals surface area contributed by atoms with Gasteiger partial charge in [0.2, 0.25) is 11.8 Å². The van der Waals surface area contributed by atoms with Crippen LogP contribution in [0.15, 0.2) is 91.1 Å². The van der Waals surface area contributed by atoms with E-state index in [-0.39, 0.29) is 35.4 Å². The van der Waals surface area contributed by atoms with E-state index >= 15 is 0 Å². The van der Waals surface area contributed by atoms with E-state index in [0.717, 1.165) is 41.3 Å². The third-order valence-electron chi connectivity index (χ3n) is 8.16. The van der Waals surface area contributed by atoms with Gasteiger partial charge < -0.3 is 16.0 Å². The SMILES string of the molecule is CCC[C@H](ONS[C@H](CC[C@H](Cc1ccc(Cl)cc1)NC(C)=O)Cc1ccccc1)C(=O)NC(Cc1cnc2ccccc2c1)C(=O)NC. The molecule has 4 N–H and O–H groups in total. The lowest BCUT2D eigenvalue weighted by atomic mass is 9.98. The Labute approximate surface area is 298 Å². The van der Waals surface area contributed by atoms with Crippen LogP contribution in [0.3, 0.4) is 0 Å². The molecule has 4 rings (SSSR count). The van der Waals surface area contributed by atoms with E-state index in [0.29, 0.717) is 24.3 Å². The normalized spacial score (nSPS) is 13.6. The second-order valence-corrected chi connectivity index (χ2v) is 13.6. The summed E-state index contributed by atoms with van der Waals surface area (Å²) in [5.74, 6) is -0.743. The van der Waals surface area contributed by atoms with Gasteiger partial charge in [0.05, 0.1) is 5.52 Å². The van der Waals surface area contributed by atoms with E-state index in [4.69, 9.17) is 16.4 Å². The average molecular weight is 704 g/mol. The zero-order valence-corrected chi connectivity index (χ0v) is 29.9. The number of rotatable bonds is 19. The van der Waals surface area contributed by atoms with Gasteiger partial charge in [0.15, 0.2) is 6.10 Å². The van der Waals surface area contributed by atoms with Gasteiger partial charge in [-0.05, 0) is 73.1 Å². The van der Waals surface area contributed by atoms with E-state index in [1.54, 1.807) is 13.2 Å². The van der Waals surface area contributed by atoms with Crippen molar-refractivity contribution in [2.24, 2.45) is 0 Å². The van der Waals surface area contributed by atoms with E-state index in [2.05, 4.69) is 38.0 Å². The minimum Gasteiger partial charge on any atom is -0.357 e. The summed E-state index contributed by atoms with van der Waals surface area (Å²) in [5, 5.41) is 10.4. The van der Waals surface area contributed by atoms with E-state index < -0.39 is 12.1 Å². The van der Waals surface area contributed by atoms with Gasteiger partial charge in [-0.1, -0.05) is 97.6 Å². The minimum absolute atomic E-state index is 0.0588. The fraction of sp³-hybridized carbons (Fsp3) is 0.368. The third kappa shape index (κ3) is 12.8. The van der Waals surface area contributed by atoms with Gasteiger partial charge in [0.1, 0.15) is 6.04 Å². The lowest BCUT2D eigenvalue weighted by Crippen LogP contribution is -2.51. The van der Waals surface area contributed by atoms with Gasteiger partial charge in [-0.2, -0.15) is 0 Å². The van der Waals surface area contributed by atoms with Crippen molar-refractivity contribution < 1.29 is 19.2 Å². The molecule has 0 aliphatic heterocycles. The van der Waals surface area contributed by atoms with Crippen LogP contribution in [-0.4, -0.2) is 53.2 Å². The molecule has 3 amide bonds. The summed E-state index contributed by atoms with van der Waals surface area (Å²) < 4.78 is 0. The molecule has 1 aromatic heterocycles. The average Bonchev–Trinajstić information content (AvgIpc) is 3.10. The van der Waals surface area contributed by atoms with Crippen LogP contribution in [0.25, 0.3) is 10.9 Å². The number of pyridine rings is 1. The van der Waals surface area contributed by atoms with Gasteiger partial charge in [-0.3, -0.25) is 24.2 Å². The molecule has 0 bridgehead atoms. The van der Waals surface area contributed by atoms with Crippen LogP contribution in [0.1, 0.15) is 56.2 Å². The second-order valence-electron chi connectivity index (χ2n) is 12.1. The molecule has 260 valence electrons. The third-order valence-corrected chi connectivity index (χ3v) is 9.34. The summed E-state index contributed by atoms with van der Waals surface area (Å²) in [6, 6.07) is 26.8. The Morgan fingerprint density at radius 2 is 1.53 bits per heavy atom.